The van der Waals surface area contributed by atoms with Gasteiger partial charge < -0.3 is 15.0 Å². The number of anilines is 1. The molecule has 0 aliphatic rings. The fourth-order valence-corrected chi connectivity index (χ4v) is 3.23. The van der Waals surface area contributed by atoms with Crippen molar-refractivity contribution in [1.29, 1.82) is 0 Å². The Balaban J connectivity index is 1.72. The van der Waals surface area contributed by atoms with E-state index < -0.39 is 46.5 Å². The number of ether oxygens (including phenoxy) is 1. The number of nitro benzene ring substituents is 1. The fourth-order valence-electron chi connectivity index (χ4n) is 2.63. The normalized spacial score (nSPS) is 11.3. The Morgan fingerprint density at radius 3 is 2.53 bits per heavy atom. The minimum Gasteiger partial charge on any atom is -0.451 e. The molecule has 8 nitrogen and oxygen atoms in total. The number of amides is 1. The van der Waals surface area contributed by atoms with E-state index in [1.165, 1.54) is 0 Å². The van der Waals surface area contributed by atoms with Gasteiger partial charge in [-0.1, -0.05) is 18.2 Å². The van der Waals surface area contributed by atoms with E-state index in [-0.39, 0.29) is 5.69 Å². The summed E-state index contributed by atoms with van der Waals surface area (Å²) in [6.45, 7) is -0.866. The number of rotatable bonds is 5. The van der Waals surface area contributed by atoms with Gasteiger partial charge in [0.15, 0.2) is 6.61 Å². The van der Waals surface area contributed by atoms with Crippen LogP contribution in [0.4, 0.5) is 24.5 Å². The number of nitrogens with one attached hydrogen (secondary N) is 2. The summed E-state index contributed by atoms with van der Waals surface area (Å²) in [6.07, 6.45) is -4.94. The SMILES string of the molecule is O=C(COC(=O)c1[nH]c2ccccc2c1Br)Nc1ccc([N+](=O)[O-])cc1C(F)(F)F. The molecule has 30 heavy (non-hydrogen) atoms. The molecule has 0 fully saturated rings. The van der Waals surface area contributed by atoms with Crippen LogP contribution in [-0.2, 0) is 15.7 Å². The summed E-state index contributed by atoms with van der Waals surface area (Å²) in [4.78, 5) is 36.7. The topological polar surface area (TPSA) is 114 Å². The van der Waals surface area contributed by atoms with Gasteiger partial charge in [-0.05, 0) is 28.1 Å². The van der Waals surface area contributed by atoms with Crippen LogP contribution < -0.4 is 5.32 Å². The van der Waals surface area contributed by atoms with Gasteiger partial charge in [-0.25, -0.2) is 4.79 Å². The predicted octanol–water partition coefficient (Wildman–Crippen LogP) is 4.65. The summed E-state index contributed by atoms with van der Waals surface area (Å²) in [7, 11) is 0. The van der Waals surface area contributed by atoms with E-state index in [4.69, 9.17) is 4.74 Å². The van der Waals surface area contributed by atoms with E-state index in [1.54, 1.807) is 24.3 Å². The number of carbonyl (C=O) groups is 2. The van der Waals surface area contributed by atoms with Gasteiger partial charge in [0.2, 0.25) is 0 Å². The van der Waals surface area contributed by atoms with E-state index in [0.29, 0.717) is 21.4 Å². The molecule has 1 aromatic heterocycles. The molecule has 3 aromatic rings. The molecule has 3 rings (SSSR count). The van der Waals surface area contributed by atoms with Crippen molar-refractivity contribution in [3.05, 3.63) is 68.3 Å². The number of aromatic nitrogens is 1. The molecular weight excluding hydrogens is 475 g/mol. The Morgan fingerprint density at radius 1 is 1.20 bits per heavy atom. The first-order valence-electron chi connectivity index (χ1n) is 8.16. The Kier molecular flexibility index (Phi) is 5.78. The van der Waals surface area contributed by atoms with Crippen molar-refractivity contribution in [2.24, 2.45) is 0 Å². The zero-order valence-electron chi connectivity index (χ0n) is 14.7. The number of benzene rings is 2. The Hall–Kier alpha value is -3.41. The van der Waals surface area contributed by atoms with Crippen LogP contribution in [0.2, 0.25) is 0 Å². The number of hydrogen-bond acceptors (Lipinski definition) is 5. The molecule has 0 aliphatic carbocycles. The highest BCUT2D eigenvalue weighted by Gasteiger charge is 2.35. The molecular formula is C18H11BrF3N3O5. The number of para-hydroxylation sites is 1. The minimum atomic E-state index is -4.94. The van der Waals surface area contributed by atoms with Crippen molar-refractivity contribution in [2.45, 2.75) is 6.18 Å². The van der Waals surface area contributed by atoms with Gasteiger partial charge in [0.1, 0.15) is 5.69 Å². The molecule has 0 saturated carbocycles. The first-order chi connectivity index (χ1) is 14.1. The van der Waals surface area contributed by atoms with Gasteiger partial charge in [0, 0.05) is 23.0 Å². The third-order valence-corrected chi connectivity index (χ3v) is 4.80. The lowest BCUT2D eigenvalue weighted by Gasteiger charge is -2.13. The van der Waals surface area contributed by atoms with Gasteiger partial charge in [0.25, 0.3) is 11.6 Å². The minimum absolute atomic E-state index is 0.0373. The molecule has 1 amide bonds. The van der Waals surface area contributed by atoms with Gasteiger partial charge >= 0.3 is 12.1 Å². The maximum absolute atomic E-state index is 13.2. The highest BCUT2D eigenvalue weighted by molar-refractivity contribution is 9.10. The molecule has 2 aromatic carbocycles. The van der Waals surface area contributed by atoms with Crippen molar-refractivity contribution in [2.75, 3.05) is 11.9 Å². The number of nitrogens with zero attached hydrogens (tertiary/aromatic N) is 1. The summed E-state index contributed by atoms with van der Waals surface area (Å²) in [5.74, 6) is -1.94. The number of halogens is 4. The number of esters is 1. The Labute approximate surface area is 174 Å². The smallest absolute Gasteiger partial charge is 0.418 e. The summed E-state index contributed by atoms with van der Waals surface area (Å²) in [6, 6.07) is 8.85. The number of alkyl halides is 3. The van der Waals surface area contributed by atoms with E-state index >= 15 is 0 Å². The number of aromatic amines is 1. The predicted molar refractivity (Wildman–Crippen MR) is 103 cm³/mol. The average Bonchev–Trinajstić information content (AvgIpc) is 3.02. The van der Waals surface area contributed by atoms with Crippen LogP contribution in [0.15, 0.2) is 46.9 Å². The van der Waals surface area contributed by atoms with Crippen LogP contribution >= 0.6 is 15.9 Å². The van der Waals surface area contributed by atoms with E-state index in [1.807, 2.05) is 5.32 Å². The van der Waals surface area contributed by atoms with Crippen molar-refractivity contribution < 1.29 is 32.4 Å². The molecule has 0 saturated heterocycles. The molecule has 0 spiro atoms. The van der Waals surface area contributed by atoms with Crippen molar-refractivity contribution >= 4 is 50.1 Å². The maximum atomic E-state index is 13.2. The summed E-state index contributed by atoms with van der Waals surface area (Å²) in [5.41, 5.74) is -2.19. The molecule has 0 unspecified atom stereocenters. The third-order valence-electron chi connectivity index (χ3n) is 3.97. The highest BCUT2D eigenvalue weighted by Crippen LogP contribution is 2.37. The van der Waals surface area contributed by atoms with Gasteiger partial charge in [-0.3, -0.25) is 14.9 Å². The molecule has 156 valence electrons. The fraction of sp³-hybridized carbons (Fsp3) is 0.111. The van der Waals surface area contributed by atoms with Gasteiger partial charge in [-0.15, -0.1) is 0 Å². The molecule has 2 N–H and O–H groups in total. The van der Waals surface area contributed by atoms with Crippen molar-refractivity contribution in [3.8, 4) is 0 Å². The number of non-ortho nitro benzene ring substituents is 1. The second kappa shape index (κ2) is 8.14. The number of H-pyrrole nitrogens is 1. The molecule has 0 bridgehead atoms. The quantitative estimate of drug-likeness (QED) is 0.310. The maximum Gasteiger partial charge on any atom is 0.418 e. The summed E-state index contributed by atoms with van der Waals surface area (Å²) < 4.78 is 44.7. The van der Waals surface area contributed by atoms with Crippen molar-refractivity contribution in [3.63, 3.8) is 0 Å². The number of carbonyl (C=O) groups excluding carboxylic acids is 2. The third kappa shape index (κ3) is 4.43. The van der Waals surface area contributed by atoms with E-state index in [9.17, 15) is 32.9 Å². The molecule has 0 atom stereocenters. The van der Waals surface area contributed by atoms with E-state index in [0.717, 1.165) is 12.1 Å². The number of fused-ring (bicyclic) bond motifs is 1. The van der Waals surface area contributed by atoms with Crippen molar-refractivity contribution in [1.82, 2.24) is 4.98 Å². The molecule has 12 heteroatoms. The first-order valence-corrected chi connectivity index (χ1v) is 8.96. The standard InChI is InChI=1S/C18H11BrF3N3O5/c19-15-10-3-1-2-4-12(10)24-16(15)17(27)30-8-14(26)23-13-6-5-9(25(28)29)7-11(13)18(20,21)22/h1-7,24H,8H2,(H,23,26). The highest BCUT2D eigenvalue weighted by atomic mass is 79.9. The van der Waals surface area contributed by atoms with Crippen LogP contribution in [-0.4, -0.2) is 28.4 Å². The lowest BCUT2D eigenvalue weighted by atomic mass is 10.1. The molecule has 0 aliphatic heterocycles. The summed E-state index contributed by atoms with van der Waals surface area (Å²) in [5, 5.41) is 13.4. The van der Waals surface area contributed by atoms with Crippen LogP contribution in [0, 0.1) is 10.1 Å². The lowest BCUT2D eigenvalue weighted by molar-refractivity contribution is -0.385. The summed E-state index contributed by atoms with van der Waals surface area (Å²) >= 11 is 3.25. The second-order valence-corrected chi connectivity index (χ2v) is 6.76. The van der Waals surface area contributed by atoms with Crippen LogP contribution in [0.3, 0.4) is 0 Å². The molecule has 1 heterocycles. The van der Waals surface area contributed by atoms with Crippen LogP contribution in [0.25, 0.3) is 10.9 Å². The first kappa shape index (κ1) is 21.3. The largest absolute Gasteiger partial charge is 0.451 e. The Morgan fingerprint density at radius 2 is 1.90 bits per heavy atom. The number of hydrogen-bond donors (Lipinski definition) is 2. The van der Waals surface area contributed by atoms with Gasteiger partial charge in [0.05, 0.1) is 20.6 Å². The van der Waals surface area contributed by atoms with E-state index in [2.05, 4.69) is 20.9 Å². The zero-order chi connectivity index (χ0) is 22.1. The second-order valence-electron chi connectivity index (χ2n) is 5.97. The zero-order valence-corrected chi connectivity index (χ0v) is 16.3. The molecule has 0 radical (unpaired) electrons. The Bertz CT molecular complexity index is 1160. The lowest BCUT2D eigenvalue weighted by Crippen LogP contribution is -2.23. The average molecular weight is 486 g/mol. The number of nitro groups is 1. The van der Waals surface area contributed by atoms with Gasteiger partial charge in [-0.2, -0.15) is 13.2 Å². The van der Waals surface area contributed by atoms with Crippen LogP contribution in [0.5, 0.6) is 0 Å². The van der Waals surface area contributed by atoms with Crippen LogP contribution in [0.1, 0.15) is 16.1 Å². The monoisotopic (exact) mass is 485 g/mol.